The van der Waals surface area contributed by atoms with Gasteiger partial charge < -0.3 is 14.8 Å². The fraction of sp³-hybridized carbons (Fsp3) is 0.111. The normalized spacial score (nSPS) is 16.8. The van der Waals surface area contributed by atoms with E-state index >= 15 is 0 Å². The van der Waals surface area contributed by atoms with Gasteiger partial charge in [0.15, 0.2) is 16.7 Å². The van der Waals surface area contributed by atoms with Crippen LogP contribution in [0.4, 0.5) is 5.69 Å². The minimum atomic E-state index is -0.211. The summed E-state index contributed by atoms with van der Waals surface area (Å²) in [4.78, 5) is 17.2. The number of benzene rings is 2. The van der Waals surface area contributed by atoms with E-state index in [1.165, 1.54) is 11.8 Å². The Morgan fingerprint density at radius 1 is 1.19 bits per heavy atom. The number of halogens is 2. The average molecular weight is 454 g/mol. The van der Waals surface area contributed by atoms with Crippen molar-refractivity contribution in [2.75, 3.05) is 14.2 Å². The van der Waals surface area contributed by atoms with Crippen molar-refractivity contribution in [3.63, 3.8) is 0 Å². The lowest BCUT2D eigenvalue weighted by Crippen LogP contribution is -2.19. The highest BCUT2D eigenvalue weighted by Gasteiger charge is 2.24. The predicted octanol–water partition coefficient (Wildman–Crippen LogP) is 5.01. The summed E-state index contributed by atoms with van der Waals surface area (Å²) in [6, 6.07) is 10.7. The Balaban J connectivity index is 1.89. The molecule has 1 aliphatic heterocycles. The van der Waals surface area contributed by atoms with Crippen molar-refractivity contribution in [2.24, 2.45) is 4.99 Å². The Morgan fingerprint density at radius 3 is 2.62 bits per heavy atom. The van der Waals surface area contributed by atoms with Crippen molar-refractivity contribution in [1.82, 2.24) is 5.32 Å². The zero-order chi connectivity index (χ0) is 18.7. The molecule has 2 aromatic carbocycles. The van der Waals surface area contributed by atoms with Crippen molar-refractivity contribution in [2.45, 2.75) is 0 Å². The van der Waals surface area contributed by atoms with Crippen molar-refractivity contribution in [1.29, 1.82) is 0 Å². The summed E-state index contributed by atoms with van der Waals surface area (Å²) in [6.45, 7) is 0. The maximum atomic E-state index is 12.3. The van der Waals surface area contributed by atoms with E-state index in [1.54, 1.807) is 50.6 Å². The molecule has 1 fully saturated rings. The second-order valence-corrected chi connectivity index (χ2v) is 7.51. The first-order chi connectivity index (χ1) is 12.5. The van der Waals surface area contributed by atoms with E-state index in [9.17, 15) is 4.79 Å². The predicted molar refractivity (Wildman–Crippen MR) is 110 cm³/mol. The van der Waals surface area contributed by atoms with Crippen LogP contribution in [0.3, 0.4) is 0 Å². The van der Waals surface area contributed by atoms with E-state index in [4.69, 9.17) is 21.1 Å². The number of aliphatic imine (C=N–C) groups is 1. The molecule has 1 N–H and O–H groups in total. The SMILES string of the molecule is COc1cc(Br)c(/C=C2\SC(=Nc3cccc(Cl)c3)NC2=O)cc1OC. The van der Waals surface area contributed by atoms with E-state index in [1.807, 2.05) is 6.07 Å². The first kappa shape index (κ1) is 18.8. The lowest BCUT2D eigenvalue weighted by molar-refractivity contribution is -0.115. The molecule has 0 bridgehead atoms. The fourth-order valence-electron chi connectivity index (χ4n) is 2.27. The summed E-state index contributed by atoms with van der Waals surface area (Å²) in [5, 5.41) is 3.84. The third kappa shape index (κ3) is 4.23. The molecule has 0 saturated carbocycles. The van der Waals surface area contributed by atoms with Gasteiger partial charge in [0.25, 0.3) is 5.91 Å². The Bertz CT molecular complexity index is 931. The Kier molecular flexibility index (Phi) is 5.90. The molecular weight excluding hydrogens is 440 g/mol. The number of hydrogen-bond acceptors (Lipinski definition) is 5. The van der Waals surface area contributed by atoms with Gasteiger partial charge in [0.1, 0.15) is 0 Å². The lowest BCUT2D eigenvalue weighted by atomic mass is 10.2. The molecule has 0 radical (unpaired) electrons. The molecule has 0 unspecified atom stereocenters. The molecule has 8 heteroatoms. The summed E-state index contributed by atoms with van der Waals surface area (Å²) < 4.78 is 11.4. The summed E-state index contributed by atoms with van der Waals surface area (Å²) in [5.74, 6) is 0.976. The van der Waals surface area contributed by atoms with Crippen molar-refractivity contribution < 1.29 is 14.3 Å². The number of nitrogens with one attached hydrogen (secondary N) is 1. The fourth-order valence-corrected chi connectivity index (χ4v) is 3.72. The van der Waals surface area contributed by atoms with Gasteiger partial charge in [0.2, 0.25) is 0 Å². The van der Waals surface area contributed by atoms with Crippen LogP contribution in [-0.4, -0.2) is 25.3 Å². The summed E-state index contributed by atoms with van der Waals surface area (Å²) in [5.41, 5.74) is 1.47. The van der Waals surface area contributed by atoms with E-state index in [0.29, 0.717) is 32.3 Å². The highest BCUT2D eigenvalue weighted by atomic mass is 79.9. The smallest absolute Gasteiger partial charge is 0.264 e. The number of amides is 1. The van der Waals surface area contributed by atoms with Crippen LogP contribution < -0.4 is 14.8 Å². The first-order valence-corrected chi connectivity index (χ1v) is 9.45. The lowest BCUT2D eigenvalue weighted by Gasteiger charge is -2.10. The number of ether oxygens (including phenoxy) is 2. The van der Waals surface area contributed by atoms with Gasteiger partial charge in [-0.05, 0) is 53.7 Å². The van der Waals surface area contributed by atoms with Crippen LogP contribution in [0, 0.1) is 0 Å². The number of carbonyl (C=O) groups is 1. The standard InChI is InChI=1S/C18H14BrClN2O3S/c1-24-14-6-10(13(19)9-15(14)25-2)7-16-17(23)22-18(26-16)21-12-5-3-4-11(20)8-12/h3-9H,1-2H3,(H,21,22,23)/b16-7-. The molecule has 0 atom stereocenters. The van der Waals surface area contributed by atoms with E-state index in [0.717, 1.165) is 10.0 Å². The third-order valence-corrected chi connectivity index (χ3v) is 5.31. The second kappa shape index (κ2) is 8.16. The summed E-state index contributed by atoms with van der Waals surface area (Å²) in [6.07, 6.45) is 1.77. The van der Waals surface area contributed by atoms with Gasteiger partial charge in [-0.15, -0.1) is 0 Å². The topological polar surface area (TPSA) is 59.9 Å². The molecular formula is C18H14BrClN2O3S. The number of hydrogen-bond donors (Lipinski definition) is 1. The molecule has 1 aliphatic rings. The molecule has 5 nitrogen and oxygen atoms in total. The van der Waals surface area contributed by atoms with Crippen LogP contribution in [0.1, 0.15) is 5.56 Å². The van der Waals surface area contributed by atoms with Crippen molar-refractivity contribution in [3.05, 3.63) is 56.4 Å². The van der Waals surface area contributed by atoms with Crippen LogP contribution in [0.25, 0.3) is 6.08 Å². The molecule has 1 saturated heterocycles. The first-order valence-electron chi connectivity index (χ1n) is 7.47. The molecule has 1 amide bonds. The number of carbonyl (C=O) groups excluding carboxylic acids is 1. The average Bonchev–Trinajstić information content (AvgIpc) is 2.95. The maximum Gasteiger partial charge on any atom is 0.264 e. The zero-order valence-corrected chi connectivity index (χ0v) is 17.0. The maximum absolute atomic E-state index is 12.3. The molecule has 134 valence electrons. The Morgan fingerprint density at radius 2 is 1.92 bits per heavy atom. The van der Waals surface area contributed by atoms with Crippen LogP contribution >= 0.6 is 39.3 Å². The van der Waals surface area contributed by atoms with Crippen molar-refractivity contribution in [3.8, 4) is 11.5 Å². The third-order valence-electron chi connectivity index (χ3n) is 3.48. The zero-order valence-electron chi connectivity index (χ0n) is 13.9. The van der Waals surface area contributed by atoms with Crippen LogP contribution in [-0.2, 0) is 4.79 Å². The number of amidine groups is 1. The molecule has 26 heavy (non-hydrogen) atoms. The molecule has 0 aromatic heterocycles. The number of rotatable bonds is 4. The van der Waals surface area contributed by atoms with Gasteiger partial charge in [-0.1, -0.05) is 33.6 Å². The quantitative estimate of drug-likeness (QED) is 0.661. The van der Waals surface area contributed by atoms with Crippen LogP contribution in [0.15, 0.2) is 50.8 Å². The largest absolute Gasteiger partial charge is 0.493 e. The van der Waals surface area contributed by atoms with Crippen LogP contribution in [0.2, 0.25) is 5.02 Å². The summed E-state index contributed by atoms with van der Waals surface area (Å²) in [7, 11) is 3.14. The van der Waals surface area contributed by atoms with E-state index in [2.05, 4.69) is 26.2 Å². The molecule has 0 aliphatic carbocycles. The highest BCUT2D eigenvalue weighted by molar-refractivity contribution is 9.10. The van der Waals surface area contributed by atoms with Gasteiger partial charge in [-0.25, -0.2) is 4.99 Å². The highest BCUT2D eigenvalue weighted by Crippen LogP contribution is 2.36. The van der Waals surface area contributed by atoms with Crippen LogP contribution in [0.5, 0.6) is 11.5 Å². The second-order valence-electron chi connectivity index (χ2n) is 5.19. The Hall–Kier alpha value is -1.96. The van der Waals surface area contributed by atoms with Gasteiger partial charge in [0.05, 0.1) is 24.8 Å². The minimum absolute atomic E-state index is 0.211. The number of nitrogens with zero attached hydrogens (tertiary/aromatic N) is 1. The molecule has 0 spiro atoms. The summed E-state index contributed by atoms with van der Waals surface area (Å²) >= 11 is 10.7. The molecule has 2 aromatic rings. The minimum Gasteiger partial charge on any atom is -0.493 e. The van der Waals surface area contributed by atoms with Gasteiger partial charge >= 0.3 is 0 Å². The van der Waals surface area contributed by atoms with Gasteiger partial charge in [0, 0.05) is 9.50 Å². The molecule has 3 rings (SSSR count). The van der Waals surface area contributed by atoms with E-state index < -0.39 is 0 Å². The van der Waals surface area contributed by atoms with E-state index in [-0.39, 0.29) is 5.91 Å². The number of thioether (sulfide) groups is 1. The van der Waals surface area contributed by atoms with Crippen molar-refractivity contribution >= 4 is 62.1 Å². The van der Waals surface area contributed by atoms with Gasteiger partial charge in [-0.3, -0.25) is 4.79 Å². The number of methoxy groups -OCH3 is 2. The molecule has 1 heterocycles. The Labute approximate surface area is 168 Å². The van der Waals surface area contributed by atoms with Gasteiger partial charge in [-0.2, -0.15) is 0 Å². The monoisotopic (exact) mass is 452 g/mol.